The third-order valence-corrected chi connectivity index (χ3v) is 7.18. The van der Waals surface area contributed by atoms with Gasteiger partial charge in [0.1, 0.15) is 6.54 Å². The van der Waals surface area contributed by atoms with Gasteiger partial charge in [0.2, 0.25) is 22.5 Å². The van der Waals surface area contributed by atoms with Gasteiger partial charge in [0.05, 0.1) is 9.79 Å². The first-order chi connectivity index (χ1) is 15.4. The number of hydrogen-bond acceptors (Lipinski definition) is 5. The molecule has 0 saturated heterocycles. The van der Waals surface area contributed by atoms with Crippen molar-refractivity contribution in [3.63, 3.8) is 0 Å². The number of fused-ring (bicyclic) bond motifs is 2. The minimum absolute atomic E-state index is 0.0644. The van der Waals surface area contributed by atoms with Gasteiger partial charge in [-0.05, 0) is 42.5 Å². The van der Waals surface area contributed by atoms with E-state index in [9.17, 15) is 13.2 Å². The minimum atomic E-state index is -3.80. The Morgan fingerprint density at radius 1 is 1.00 bits per heavy atom. The standard InChI is InChI=1S/C23H17ClN2O5S/c24-15-5-8-17(9-6-15)32(28,29)22-12-26(19-4-2-1-3-18(19)22)13-23(27)25-16-7-10-20-21(11-16)31-14-30-20/h1-12H,13-14H2,(H,25,27). The van der Waals surface area contributed by atoms with Crippen molar-refractivity contribution in [3.8, 4) is 11.5 Å². The van der Waals surface area contributed by atoms with Crippen molar-refractivity contribution in [3.05, 3.63) is 77.9 Å². The molecule has 0 unspecified atom stereocenters. The van der Waals surface area contributed by atoms with Gasteiger partial charge in [-0.15, -0.1) is 0 Å². The molecule has 32 heavy (non-hydrogen) atoms. The van der Waals surface area contributed by atoms with Gasteiger partial charge in [0.25, 0.3) is 0 Å². The van der Waals surface area contributed by atoms with Crippen molar-refractivity contribution >= 4 is 43.9 Å². The predicted octanol–water partition coefficient (Wildman–Crippen LogP) is 4.49. The quantitative estimate of drug-likeness (QED) is 0.466. The van der Waals surface area contributed by atoms with Crippen molar-refractivity contribution in [1.82, 2.24) is 4.57 Å². The highest BCUT2D eigenvalue weighted by Crippen LogP contribution is 2.34. The van der Waals surface area contributed by atoms with Crippen LogP contribution in [-0.4, -0.2) is 25.7 Å². The van der Waals surface area contributed by atoms with Gasteiger partial charge < -0.3 is 19.4 Å². The number of rotatable bonds is 5. The highest BCUT2D eigenvalue weighted by Gasteiger charge is 2.24. The van der Waals surface area contributed by atoms with E-state index in [1.807, 2.05) is 0 Å². The number of sulfone groups is 1. The van der Waals surface area contributed by atoms with Crippen LogP contribution in [0.25, 0.3) is 10.9 Å². The highest BCUT2D eigenvalue weighted by molar-refractivity contribution is 7.91. The maximum absolute atomic E-state index is 13.3. The Morgan fingerprint density at radius 2 is 1.75 bits per heavy atom. The van der Waals surface area contributed by atoms with E-state index in [0.717, 1.165) is 0 Å². The number of nitrogens with one attached hydrogen (secondary N) is 1. The molecule has 1 aliphatic heterocycles. The smallest absolute Gasteiger partial charge is 0.244 e. The molecule has 1 amide bonds. The summed E-state index contributed by atoms with van der Waals surface area (Å²) >= 11 is 5.90. The first kappa shape index (κ1) is 20.4. The summed E-state index contributed by atoms with van der Waals surface area (Å²) in [6.45, 7) is 0.0814. The lowest BCUT2D eigenvalue weighted by molar-refractivity contribution is -0.116. The number of ether oxygens (including phenoxy) is 2. The van der Waals surface area contributed by atoms with Crippen LogP contribution >= 0.6 is 11.6 Å². The van der Waals surface area contributed by atoms with E-state index in [1.165, 1.54) is 30.5 Å². The van der Waals surface area contributed by atoms with Crippen molar-refractivity contribution in [2.75, 3.05) is 12.1 Å². The van der Waals surface area contributed by atoms with Crippen LogP contribution in [0.1, 0.15) is 0 Å². The maximum atomic E-state index is 13.3. The van der Waals surface area contributed by atoms with Gasteiger partial charge in [-0.25, -0.2) is 8.42 Å². The Hall–Kier alpha value is -3.49. The number of carbonyl (C=O) groups excluding carboxylic acids is 1. The third-order valence-electron chi connectivity index (χ3n) is 5.14. The molecule has 1 N–H and O–H groups in total. The van der Waals surface area contributed by atoms with E-state index in [2.05, 4.69) is 5.32 Å². The second-order valence-electron chi connectivity index (χ2n) is 7.21. The summed E-state index contributed by atoms with van der Waals surface area (Å²) in [7, 11) is -3.80. The fraction of sp³-hybridized carbons (Fsp3) is 0.0870. The Balaban J connectivity index is 1.46. The summed E-state index contributed by atoms with van der Waals surface area (Å²) < 4.78 is 38.8. The topological polar surface area (TPSA) is 86.6 Å². The summed E-state index contributed by atoms with van der Waals surface area (Å²) in [5.74, 6) is 0.877. The molecule has 0 bridgehead atoms. The van der Waals surface area contributed by atoms with Gasteiger partial charge in [-0.3, -0.25) is 4.79 Å². The average Bonchev–Trinajstić information content (AvgIpc) is 3.39. The molecule has 0 radical (unpaired) electrons. The Morgan fingerprint density at radius 3 is 2.56 bits per heavy atom. The van der Waals surface area contributed by atoms with Gasteiger partial charge in [-0.1, -0.05) is 29.8 Å². The largest absolute Gasteiger partial charge is 0.454 e. The summed E-state index contributed by atoms with van der Waals surface area (Å²) in [4.78, 5) is 13.0. The van der Waals surface area contributed by atoms with Crippen molar-refractivity contribution < 1.29 is 22.7 Å². The van der Waals surface area contributed by atoms with Gasteiger partial charge in [0.15, 0.2) is 11.5 Å². The van der Waals surface area contributed by atoms with Crippen LogP contribution < -0.4 is 14.8 Å². The molecule has 9 heteroatoms. The zero-order chi connectivity index (χ0) is 22.3. The molecule has 2 heterocycles. The minimum Gasteiger partial charge on any atom is -0.454 e. The van der Waals surface area contributed by atoms with E-state index in [4.69, 9.17) is 21.1 Å². The fourth-order valence-electron chi connectivity index (χ4n) is 3.63. The van der Waals surface area contributed by atoms with E-state index < -0.39 is 9.84 Å². The molecule has 0 atom stereocenters. The first-order valence-electron chi connectivity index (χ1n) is 9.70. The molecule has 3 aromatic carbocycles. The van der Waals surface area contributed by atoms with Gasteiger partial charge in [0, 0.05) is 33.9 Å². The predicted molar refractivity (Wildman–Crippen MR) is 120 cm³/mol. The molecule has 4 aromatic rings. The number of anilines is 1. The second kappa shape index (κ2) is 7.89. The number of hydrogen-bond donors (Lipinski definition) is 1. The number of amides is 1. The number of halogens is 1. The third kappa shape index (κ3) is 3.68. The lowest BCUT2D eigenvalue weighted by Crippen LogP contribution is -2.18. The zero-order valence-corrected chi connectivity index (χ0v) is 18.2. The Kier molecular flexibility index (Phi) is 5.03. The van der Waals surface area contributed by atoms with Crippen LogP contribution in [0.2, 0.25) is 5.02 Å². The number of nitrogens with zero attached hydrogens (tertiary/aromatic N) is 1. The zero-order valence-electron chi connectivity index (χ0n) is 16.6. The number of para-hydroxylation sites is 1. The molecule has 0 saturated carbocycles. The molecule has 162 valence electrons. The number of aromatic nitrogens is 1. The molecule has 1 aromatic heterocycles. The molecule has 0 spiro atoms. The van der Waals surface area contributed by atoms with Gasteiger partial charge >= 0.3 is 0 Å². The SMILES string of the molecule is O=C(Cn1cc(S(=O)(=O)c2ccc(Cl)cc2)c2ccccc21)Nc1ccc2c(c1)OCO2. The monoisotopic (exact) mass is 468 g/mol. The fourth-order valence-corrected chi connectivity index (χ4v) is 5.23. The van der Waals surface area contributed by atoms with Crippen LogP contribution in [0.4, 0.5) is 5.69 Å². The van der Waals surface area contributed by atoms with Crippen molar-refractivity contribution in [2.24, 2.45) is 0 Å². The lowest BCUT2D eigenvalue weighted by Gasteiger charge is -2.08. The van der Waals surface area contributed by atoms with Crippen LogP contribution in [0.15, 0.2) is 82.7 Å². The Bertz CT molecular complexity index is 1450. The normalized spacial score (nSPS) is 12.8. The molecule has 0 fully saturated rings. The van der Waals surface area contributed by atoms with Crippen LogP contribution in [-0.2, 0) is 21.2 Å². The van der Waals surface area contributed by atoms with Crippen LogP contribution in [0, 0.1) is 0 Å². The summed E-state index contributed by atoms with van der Waals surface area (Å²) in [6, 6.07) is 18.2. The first-order valence-corrected chi connectivity index (χ1v) is 11.6. The van der Waals surface area contributed by atoms with E-state index in [0.29, 0.717) is 33.1 Å². The average molecular weight is 469 g/mol. The summed E-state index contributed by atoms with van der Waals surface area (Å²) in [5.41, 5.74) is 1.20. The Labute approximate surface area is 189 Å². The van der Waals surface area contributed by atoms with Crippen LogP contribution in [0.5, 0.6) is 11.5 Å². The number of benzene rings is 3. The van der Waals surface area contributed by atoms with Crippen molar-refractivity contribution in [2.45, 2.75) is 16.3 Å². The van der Waals surface area contributed by atoms with Gasteiger partial charge in [-0.2, -0.15) is 0 Å². The summed E-state index contributed by atoms with van der Waals surface area (Å²) in [6.07, 6.45) is 1.49. The maximum Gasteiger partial charge on any atom is 0.244 e. The highest BCUT2D eigenvalue weighted by atomic mass is 35.5. The molecule has 5 rings (SSSR count). The molecular formula is C23H17ClN2O5S. The van der Waals surface area contributed by atoms with E-state index in [-0.39, 0.29) is 29.0 Å². The molecular weight excluding hydrogens is 452 g/mol. The molecule has 0 aliphatic carbocycles. The van der Waals surface area contributed by atoms with E-state index >= 15 is 0 Å². The summed E-state index contributed by atoms with van der Waals surface area (Å²) in [5, 5.41) is 3.80. The van der Waals surface area contributed by atoms with E-state index in [1.54, 1.807) is 47.0 Å². The van der Waals surface area contributed by atoms with Crippen LogP contribution in [0.3, 0.4) is 0 Å². The van der Waals surface area contributed by atoms with Crippen molar-refractivity contribution in [1.29, 1.82) is 0 Å². The number of carbonyl (C=O) groups is 1. The second-order valence-corrected chi connectivity index (χ2v) is 9.57. The molecule has 1 aliphatic rings. The molecule has 7 nitrogen and oxygen atoms in total. The lowest BCUT2D eigenvalue weighted by atomic mass is 10.2.